The van der Waals surface area contributed by atoms with E-state index in [1.165, 1.54) is 0 Å². The summed E-state index contributed by atoms with van der Waals surface area (Å²) in [5.74, 6) is 0.468. The molecule has 1 radical (unpaired) electrons. The largest absolute Gasteiger partial charge is 2.00 e. The van der Waals surface area contributed by atoms with Crippen LogP contribution >= 0.6 is 0 Å². The van der Waals surface area contributed by atoms with Crippen LogP contribution in [0.3, 0.4) is 0 Å². The number of nitrogens with zero attached hydrogens (tertiary/aromatic N) is 2. The molecular formula is C18H20ClMnN2O2+. The Morgan fingerprint density at radius 2 is 1.08 bits per heavy atom. The average Bonchev–Trinajstić information content (AvgIpc) is 2.52. The summed E-state index contributed by atoms with van der Waals surface area (Å²) < 4.78 is 0. The second kappa shape index (κ2) is 10.9. The molecule has 0 fully saturated rings. The molecule has 2 aromatic carbocycles. The number of hydrogen-bond acceptors (Lipinski definition) is 4. The van der Waals surface area contributed by atoms with Gasteiger partial charge in [-0.1, -0.05) is 24.3 Å². The Morgan fingerprint density at radius 1 is 0.750 bits per heavy atom. The summed E-state index contributed by atoms with van der Waals surface area (Å²) >= 11 is 0. The molecular weight excluding hydrogens is 367 g/mol. The smallest absolute Gasteiger partial charge is 1.00 e. The molecule has 0 saturated heterocycles. The summed E-state index contributed by atoms with van der Waals surface area (Å²) in [5.41, 5.74) is 3.05. The van der Waals surface area contributed by atoms with Gasteiger partial charge < -0.3 is 22.6 Å². The van der Waals surface area contributed by atoms with Crippen LogP contribution in [-0.2, 0) is 17.1 Å². The normalized spacial score (nSPS) is 11.4. The molecule has 127 valence electrons. The van der Waals surface area contributed by atoms with Gasteiger partial charge in [0.2, 0.25) is 0 Å². The molecule has 6 heteroatoms. The van der Waals surface area contributed by atoms with Crippen LogP contribution in [0.4, 0.5) is 0 Å². The third-order valence-electron chi connectivity index (χ3n) is 3.39. The first-order valence-corrected chi connectivity index (χ1v) is 7.18. The first-order chi connectivity index (χ1) is 10.6. The van der Waals surface area contributed by atoms with Crippen molar-refractivity contribution in [1.29, 1.82) is 0 Å². The zero-order valence-electron chi connectivity index (χ0n) is 13.6. The monoisotopic (exact) mass is 386 g/mol. The minimum atomic E-state index is 0. The van der Waals surface area contributed by atoms with Crippen LogP contribution in [-0.4, -0.2) is 34.7 Å². The standard InChI is InChI=1S/C18H20N2O2.ClH.Mn/c1-13(15-7-3-5-9-17(15)21)19-11-12-20-14(2)16-8-4-6-10-18(16)22;;/h3-10,21-22H,11-12H2,1-2H3;1H;/q;;+2/p-1. The van der Waals surface area contributed by atoms with Gasteiger partial charge in [0.05, 0.1) is 13.1 Å². The first kappa shape index (κ1) is 22.2. The molecule has 0 aliphatic heterocycles. The summed E-state index contributed by atoms with van der Waals surface area (Å²) in [7, 11) is 0. The molecule has 0 spiro atoms. The van der Waals surface area contributed by atoms with Gasteiger partial charge in [-0.2, -0.15) is 0 Å². The minimum Gasteiger partial charge on any atom is -1.00 e. The summed E-state index contributed by atoms with van der Waals surface area (Å²) in [5, 5.41) is 19.5. The molecule has 4 nitrogen and oxygen atoms in total. The Labute approximate surface area is 159 Å². The Morgan fingerprint density at radius 3 is 1.42 bits per heavy atom. The molecule has 0 amide bonds. The SMILES string of the molecule is CC(=NCCN=C(C)c1ccccc1O)c1ccccc1O.[Cl-].[Mn+2]. The minimum absolute atomic E-state index is 0. The number of aliphatic imine (C=N–C) groups is 2. The zero-order valence-corrected chi connectivity index (χ0v) is 15.5. The number of rotatable bonds is 5. The molecule has 0 aromatic heterocycles. The van der Waals surface area contributed by atoms with Gasteiger partial charge in [-0.3, -0.25) is 9.98 Å². The van der Waals surface area contributed by atoms with Crippen molar-refractivity contribution in [3.05, 3.63) is 59.7 Å². The van der Waals surface area contributed by atoms with Gasteiger partial charge in [0.15, 0.2) is 0 Å². The van der Waals surface area contributed by atoms with Gasteiger partial charge in [0.25, 0.3) is 0 Å². The molecule has 24 heavy (non-hydrogen) atoms. The van der Waals surface area contributed by atoms with Crippen molar-refractivity contribution < 1.29 is 39.7 Å². The van der Waals surface area contributed by atoms with Gasteiger partial charge in [0, 0.05) is 22.6 Å². The van der Waals surface area contributed by atoms with Gasteiger partial charge in [-0.05, 0) is 38.1 Å². The van der Waals surface area contributed by atoms with Crippen LogP contribution in [0, 0.1) is 0 Å². The van der Waals surface area contributed by atoms with Crippen LogP contribution in [0.5, 0.6) is 11.5 Å². The van der Waals surface area contributed by atoms with Crippen LogP contribution in [0.2, 0.25) is 0 Å². The fourth-order valence-electron chi connectivity index (χ4n) is 2.16. The van der Waals surface area contributed by atoms with Crippen LogP contribution in [0.1, 0.15) is 25.0 Å². The van der Waals surface area contributed by atoms with E-state index < -0.39 is 0 Å². The number of hydrogen-bond donors (Lipinski definition) is 2. The van der Waals surface area contributed by atoms with E-state index in [0.29, 0.717) is 13.1 Å². The summed E-state index contributed by atoms with van der Waals surface area (Å²) in [6.07, 6.45) is 0. The van der Waals surface area contributed by atoms with E-state index in [4.69, 9.17) is 0 Å². The molecule has 2 N–H and O–H groups in total. The summed E-state index contributed by atoms with van der Waals surface area (Å²) in [6.45, 7) is 4.81. The van der Waals surface area contributed by atoms with Gasteiger partial charge >= 0.3 is 17.1 Å². The van der Waals surface area contributed by atoms with Crippen molar-refractivity contribution in [3.63, 3.8) is 0 Å². The Bertz CT molecular complexity index is 656. The average molecular weight is 387 g/mol. The third kappa shape index (κ3) is 6.00. The maximum atomic E-state index is 9.77. The van der Waals surface area contributed by atoms with E-state index in [1.807, 2.05) is 38.1 Å². The predicted molar refractivity (Wildman–Crippen MR) is 90.4 cm³/mol. The second-order valence-corrected chi connectivity index (χ2v) is 4.97. The van der Waals surface area contributed by atoms with E-state index >= 15 is 0 Å². The molecule has 0 atom stereocenters. The predicted octanol–water partition coefficient (Wildman–Crippen LogP) is 0.417. The van der Waals surface area contributed by atoms with E-state index in [9.17, 15) is 10.2 Å². The van der Waals surface area contributed by atoms with Crippen molar-refractivity contribution in [3.8, 4) is 11.5 Å². The van der Waals surface area contributed by atoms with E-state index in [1.54, 1.807) is 24.3 Å². The van der Waals surface area contributed by atoms with E-state index in [-0.39, 0.29) is 41.0 Å². The van der Waals surface area contributed by atoms with Crippen LogP contribution in [0.15, 0.2) is 58.5 Å². The number of para-hydroxylation sites is 2. The van der Waals surface area contributed by atoms with Gasteiger partial charge in [-0.15, -0.1) is 0 Å². The van der Waals surface area contributed by atoms with Gasteiger partial charge in [-0.25, -0.2) is 0 Å². The van der Waals surface area contributed by atoms with Gasteiger partial charge in [0.1, 0.15) is 11.5 Å². The molecule has 0 aliphatic rings. The fraction of sp³-hybridized carbons (Fsp3) is 0.222. The van der Waals surface area contributed by atoms with E-state index in [2.05, 4.69) is 9.98 Å². The first-order valence-electron chi connectivity index (χ1n) is 7.18. The Hall–Kier alpha value is -1.81. The molecule has 0 heterocycles. The van der Waals surface area contributed by atoms with Crippen LogP contribution < -0.4 is 12.4 Å². The molecule has 2 rings (SSSR count). The fourth-order valence-corrected chi connectivity index (χ4v) is 2.16. The molecule has 0 unspecified atom stereocenters. The Balaban J connectivity index is 0.00000264. The van der Waals surface area contributed by atoms with E-state index in [0.717, 1.165) is 22.6 Å². The van der Waals surface area contributed by atoms with Crippen LogP contribution in [0.25, 0.3) is 0 Å². The molecule has 0 bridgehead atoms. The summed E-state index contributed by atoms with van der Waals surface area (Å²) in [4.78, 5) is 8.86. The van der Waals surface area contributed by atoms with Crippen molar-refractivity contribution >= 4 is 11.4 Å². The van der Waals surface area contributed by atoms with Crippen molar-refractivity contribution in [2.45, 2.75) is 13.8 Å². The number of aromatic hydroxyl groups is 2. The number of phenols is 2. The maximum absolute atomic E-state index is 9.77. The molecule has 2 aromatic rings. The third-order valence-corrected chi connectivity index (χ3v) is 3.39. The second-order valence-electron chi connectivity index (χ2n) is 4.97. The number of halogens is 1. The number of phenolic OH excluding ortho intramolecular Hbond substituents is 2. The number of benzene rings is 2. The topological polar surface area (TPSA) is 65.2 Å². The molecule has 0 aliphatic carbocycles. The Kier molecular flexibility index (Phi) is 10.0. The quantitative estimate of drug-likeness (QED) is 0.444. The van der Waals surface area contributed by atoms with Crippen molar-refractivity contribution in [1.82, 2.24) is 0 Å². The zero-order chi connectivity index (χ0) is 15.9. The van der Waals surface area contributed by atoms with Crippen molar-refractivity contribution in [2.75, 3.05) is 13.1 Å². The van der Waals surface area contributed by atoms with Crippen molar-refractivity contribution in [2.24, 2.45) is 9.98 Å². The summed E-state index contributed by atoms with van der Waals surface area (Å²) in [6, 6.07) is 14.3. The molecule has 0 saturated carbocycles. The maximum Gasteiger partial charge on any atom is 2.00 e.